The van der Waals surface area contributed by atoms with Gasteiger partial charge in [0, 0.05) is 17.5 Å². The second-order valence-corrected chi connectivity index (χ2v) is 5.71. The van der Waals surface area contributed by atoms with Crippen molar-refractivity contribution in [2.75, 3.05) is 17.3 Å². The topological polar surface area (TPSA) is 96.1 Å². The summed E-state index contributed by atoms with van der Waals surface area (Å²) in [6.07, 6.45) is 0.312. The number of anilines is 2. The molecular weight excluding hydrogens is 242 g/mol. The number of hydrogen-bond donors (Lipinski definition) is 4. The Labute approximate surface area is 114 Å². The molecule has 6 nitrogen and oxygen atoms in total. The van der Waals surface area contributed by atoms with Gasteiger partial charge in [-0.1, -0.05) is 27.7 Å². The normalized spacial score (nSPS) is 13.2. The highest BCUT2D eigenvalue weighted by Crippen LogP contribution is 2.25. The number of nitrogens with zero attached hydrogens (tertiary/aromatic N) is 2. The molecule has 1 heterocycles. The van der Waals surface area contributed by atoms with E-state index in [9.17, 15) is 5.11 Å². The van der Waals surface area contributed by atoms with E-state index in [1.807, 2.05) is 34.6 Å². The fourth-order valence-electron chi connectivity index (χ4n) is 1.52. The number of rotatable bonds is 5. The van der Waals surface area contributed by atoms with E-state index in [-0.39, 0.29) is 11.5 Å². The lowest BCUT2D eigenvalue weighted by Crippen LogP contribution is -2.24. The average Bonchev–Trinajstić information content (AvgIpc) is 2.35. The van der Waals surface area contributed by atoms with Crippen molar-refractivity contribution < 1.29 is 5.11 Å². The van der Waals surface area contributed by atoms with Crippen molar-refractivity contribution in [1.29, 1.82) is 0 Å². The predicted molar refractivity (Wildman–Crippen MR) is 78.1 cm³/mol. The first-order chi connectivity index (χ1) is 8.79. The summed E-state index contributed by atoms with van der Waals surface area (Å²) >= 11 is 0. The molecule has 1 unspecified atom stereocenters. The number of aromatic nitrogens is 2. The van der Waals surface area contributed by atoms with Gasteiger partial charge in [-0.05, 0) is 13.3 Å². The highest BCUT2D eigenvalue weighted by molar-refractivity contribution is 5.57. The van der Waals surface area contributed by atoms with Gasteiger partial charge in [0.15, 0.2) is 0 Å². The summed E-state index contributed by atoms with van der Waals surface area (Å²) in [6.45, 7) is 10.4. The summed E-state index contributed by atoms with van der Waals surface area (Å²) in [6, 6.07) is 0. The summed E-state index contributed by atoms with van der Waals surface area (Å²) in [7, 11) is 0. The van der Waals surface area contributed by atoms with Crippen LogP contribution in [0.1, 0.15) is 45.5 Å². The minimum atomic E-state index is -0.387. The van der Waals surface area contributed by atoms with E-state index in [4.69, 9.17) is 5.84 Å². The van der Waals surface area contributed by atoms with E-state index < -0.39 is 0 Å². The highest BCUT2D eigenvalue weighted by Gasteiger charge is 2.21. The van der Waals surface area contributed by atoms with E-state index in [0.29, 0.717) is 30.4 Å². The van der Waals surface area contributed by atoms with Crippen molar-refractivity contribution in [3.8, 4) is 0 Å². The number of nitrogen functional groups attached to an aromatic ring is 1. The van der Waals surface area contributed by atoms with E-state index in [1.54, 1.807) is 0 Å². The third-order valence-electron chi connectivity index (χ3n) is 2.93. The van der Waals surface area contributed by atoms with Crippen LogP contribution in [0.5, 0.6) is 0 Å². The Morgan fingerprint density at radius 3 is 2.32 bits per heavy atom. The summed E-state index contributed by atoms with van der Waals surface area (Å²) in [5.74, 6) is 7.52. The standard InChI is InChI=1S/C13H25N5O/c1-6-9(19)7-15-10-8(2)11(18-14)17-12(16-10)13(3,4)5/h9,19H,6-7,14H2,1-5H3,(H2,15,16,17,18). The molecular formula is C13H25N5O. The summed E-state index contributed by atoms with van der Waals surface area (Å²) in [5.41, 5.74) is 3.27. The van der Waals surface area contributed by atoms with Gasteiger partial charge in [0.2, 0.25) is 0 Å². The first-order valence-electron chi connectivity index (χ1n) is 6.57. The van der Waals surface area contributed by atoms with Crippen molar-refractivity contribution >= 4 is 11.6 Å². The molecule has 0 saturated carbocycles. The first kappa shape index (κ1) is 15.7. The Bertz CT molecular complexity index is 428. The Balaban J connectivity index is 3.08. The molecule has 108 valence electrons. The predicted octanol–water partition coefficient (Wildman–Crippen LogP) is 1.55. The Morgan fingerprint density at radius 2 is 1.84 bits per heavy atom. The molecule has 1 rings (SSSR count). The van der Waals surface area contributed by atoms with E-state index in [1.165, 1.54) is 0 Å². The van der Waals surface area contributed by atoms with Crippen LogP contribution in [0, 0.1) is 6.92 Å². The molecule has 0 radical (unpaired) electrons. The molecule has 0 aliphatic carbocycles. The smallest absolute Gasteiger partial charge is 0.148 e. The second-order valence-electron chi connectivity index (χ2n) is 5.71. The van der Waals surface area contributed by atoms with Crippen LogP contribution in [0.2, 0.25) is 0 Å². The Kier molecular flexibility index (Phi) is 5.08. The van der Waals surface area contributed by atoms with Gasteiger partial charge in [0.1, 0.15) is 17.5 Å². The van der Waals surface area contributed by atoms with Crippen LogP contribution >= 0.6 is 0 Å². The molecule has 6 heteroatoms. The molecule has 0 aromatic carbocycles. The molecule has 0 aliphatic rings. The quantitative estimate of drug-likeness (QED) is 0.477. The zero-order valence-electron chi connectivity index (χ0n) is 12.4. The average molecular weight is 267 g/mol. The van der Waals surface area contributed by atoms with Crippen molar-refractivity contribution in [3.63, 3.8) is 0 Å². The molecule has 1 aromatic heterocycles. The molecule has 0 fully saturated rings. The minimum absolute atomic E-state index is 0.168. The van der Waals surface area contributed by atoms with Crippen LogP contribution in [-0.2, 0) is 5.41 Å². The zero-order valence-corrected chi connectivity index (χ0v) is 12.4. The van der Waals surface area contributed by atoms with Gasteiger partial charge in [0.25, 0.3) is 0 Å². The van der Waals surface area contributed by atoms with Crippen molar-refractivity contribution in [1.82, 2.24) is 9.97 Å². The summed E-state index contributed by atoms with van der Waals surface area (Å²) in [4.78, 5) is 8.95. The SMILES string of the molecule is CCC(O)CNc1nc(C(C)(C)C)nc(NN)c1C. The zero-order chi connectivity index (χ0) is 14.6. The molecule has 1 aromatic rings. The maximum atomic E-state index is 9.62. The van der Waals surface area contributed by atoms with E-state index in [0.717, 1.165) is 5.56 Å². The van der Waals surface area contributed by atoms with Gasteiger partial charge in [-0.3, -0.25) is 0 Å². The van der Waals surface area contributed by atoms with Gasteiger partial charge in [0.05, 0.1) is 6.10 Å². The van der Waals surface area contributed by atoms with E-state index in [2.05, 4.69) is 20.7 Å². The van der Waals surface area contributed by atoms with Crippen molar-refractivity contribution in [2.45, 2.75) is 52.6 Å². The van der Waals surface area contributed by atoms with Crippen LogP contribution in [0.25, 0.3) is 0 Å². The fourth-order valence-corrected chi connectivity index (χ4v) is 1.52. The Hall–Kier alpha value is -1.40. The summed E-state index contributed by atoms with van der Waals surface area (Å²) in [5, 5.41) is 12.8. The van der Waals surface area contributed by atoms with Crippen LogP contribution in [-0.4, -0.2) is 27.7 Å². The molecule has 1 atom stereocenters. The van der Waals surface area contributed by atoms with Gasteiger partial charge in [-0.25, -0.2) is 15.8 Å². The van der Waals surface area contributed by atoms with Crippen LogP contribution in [0.4, 0.5) is 11.6 Å². The molecule has 19 heavy (non-hydrogen) atoms. The van der Waals surface area contributed by atoms with Crippen molar-refractivity contribution in [3.05, 3.63) is 11.4 Å². The first-order valence-corrected chi connectivity index (χ1v) is 6.57. The van der Waals surface area contributed by atoms with Gasteiger partial charge >= 0.3 is 0 Å². The minimum Gasteiger partial charge on any atom is -0.391 e. The van der Waals surface area contributed by atoms with Gasteiger partial charge in [-0.15, -0.1) is 0 Å². The van der Waals surface area contributed by atoms with Gasteiger partial charge < -0.3 is 15.8 Å². The molecule has 0 amide bonds. The molecule has 0 bridgehead atoms. The number of hydrogen-bond acceptors (Lipinski definition) is 6. The monoisotopic (exact) mass is 267 g/mol. The fraction of sp³-hybridized carbons (Fsp3) is 0.692. The number of nitrogens with one attached hydrogen (secondary N) is 2. The van der Waals surface area contributed by atoms with Crippen LogP contribution in [0.15, 0.2) is 0 Å². The maximum absolute atomic E-state index is 9.62. The van der Waals surface area contributed by atoms with Gasteiger partial charge in [-0.2, -0.15) is 0 Å². The Morgan fingerprint density at radius 1 is 1.26 bits per heavy atom. The number of hydrazine groups is 1. The lowest BCUT2D eigenvalue weighted by Gasteiger charge is -2.21. The van der Waals surface area contributed by atoms with Crippen LogP contribution < -0.4 is 16.6 Å². The van der Waals surface area contributed by atoms with E-state index >= 15 is 0 Å². The molecule has 0 aliphatic heterocycles. The van der Waals surface area contributed by atoms with Crippen molar-refractivity contribution in [2.24, 2.45) is 5.84 Å². The lowest BCUT2D eigenvalue weighted by molar-refractivity contribution is 0.183. The third-order valence-corrected chi connectivity index (χ3v) is 2.93. The number of nitrogens with two attached hydrogens (primary N) is 1. The highest BCUT2D eigenvalue weighted by atomic mass is 16.3. The lowest BCUT2D eigenvalue weighted by atomic mass is 9.95. The third kappa shape index (κ3) is 4.04. The van der Waals surface area contributed by atoms with Crippen LogP contribution in [0.3, 0.4) is 0 Å². The second kappa shape index (κ2) is 6.16. The number of aliphatic hydroxyl groups is 1. The molecule has 0 spiro atoms. The summed E-state index contributed by atoms with van der Waals surface area (Å²) < 4.78 is 0. The molecule has 0 saturated heterocycles. The largest absolute Gasteiger partial charge is 0.391 e. The maximum Gasteiger partial charge on any atom is 0.148 e. The molecule has 5 N–H and O–H groups in total. The number of aliphatic hydroxyl groups excluding tert-OH is 1.